The average molecular weight is 195 g/mol. The molecule has 0 fully saturated rings. The van der Waals surface area contributed by atoms with Crippen LogP contribution >= 0.6 is 11.6 Å². The second kappa shape index (κ2) is 3.01. The molecule has 0 aliphatic heterocycles. The van der Waals surface area contributed by atoms with Gasteiger partial charge in [0, 0.05) is 11.1 Å². The summed E-state index contributed by atoms with van der Waals surface area (Å²) in [5.41, 5.74) is 1.11. The van der Waals surface area contributed by atoms with Gasteiger partial charge in [-0.25, -0.2) is 4.79 Å². The Bertz CT molecular complexity index is 500. The van der Waals surface area contributed by atoms with Crippen LogP contribution in [0.5, 0.6) is 0 Å². The summed E-state index contributed by atoms with van der Waals surface area (Å²) >= 11 is 5.71. The third-order valence-electron chi connectivity index (χ3n) is 1.48. The number of aromatic nitrogens is 1. The van der Waals surface area contributed by atoms with Crippen LogP contribution in [0.15, 0.2) is 27.6 Å². The van der Waals surface area contributed by atoms with Crippen LogP contribution in [-0.4, -0.2) is 11.1 Å². The van der Waals surface area contributed by atoms with Crippen molar-refractivity contribution in [2.45, 2.75) is 0 Å². The molecule has 0 aliphatic carbocycles. The van der Waals surface area contributed by atoms with Crippen LogP contribution < -0.4 is 0 Å². The Kier molecular flexibility index (Phi) is 1.85. The Balaban J connectivity index is 2.68. The first-order valence-electron chi connectivity index (χ1n) is 3.43. The topological polar surface area (TPSA) is 55.5 Å². The summed E-state index contributed by atoms with van der Waals surface area (Å²) in [7, 11) is 0. The highest BCUT2D eigenvalue weighted by molar-refractivity contribution is 6.31. The highest BCUT2D eigenvalue weighted by Crippen LogP contribution is 2.23. The zero-order chi connectivity index (χ0) is 9.26. The molecule has 1 aromatic carbocycles. The van der Waals surface area contributed by atoms with E-state index >= 15 is 0 Å². The summed E-state index contributed by atoms with van der Waals surface area (Å²) < 4.78 is 5.06. The summed E-state index contributed by atoms with van der Waals surface area (Å²) in [6, 6.07) is 4.96. The molecule has 0 saturated heterocycles. The van der Waals surface area contributed by atoms with Crippen LogP contribution in [0.4, 0.5) is 6.01 Å². The molecule has 0 unspecified atom stereocenters. The number of halogens is 1. The summed E-state index contributed by atoms with van der Waals surface area (Å²) in [6.45, 7) is 0. The lowest BCUT2D eigenvalue weighted by Gasteiger charge is -1.85. The molecular formula is C8H3ClN2O2. The van der Waals surface area contributed by atoms with Gasteiger partial charge in [-0.1, -0.05) is 11.6 Å². The highest BCUT2D eigenvalue weighted by Gasteiger charge is 2.03. The van der Waals surface area contributed by atoms with Crippen molar-refractivity contribution < 1.29 is 9.21 Å². The minimum absolute atomic E-state index is 0.00716. The van der Waals surface area contributed by atoms with Crippen LogP contribution in [0.2, 0.25) is 5.02 Å². The fraction of sp³-hybridized carbons (Fsp3) is 0. The van der Waals surface area contributed by atoms with Gasteiger partial charge in [0.25, 0.3) is 0 Å². The molecular weight excluding hydrogens is 192 g/mol. The normalized spacial score (nSPS) is 9.92. The number of hydrogen-bond donors (Lipinski definition) is 0. The van der Waals surface area contributed by atoms with E-state index in [-0.39, 0.29) is 6.01 Å². The Hall–Kier alpha value is -1.64. The van der Waals surface area contributed by atoms with Gasteiger partial charge in [0.2, 0.25) is 6.08 Å². The molecule has 13 heavy (non-hydrogen) atoms. The first-order chi connectivity index (χ1) is 6.29. The van der Waals surface area contributed by atoms with Crippen LogP contribution in [-0.2, 0) is 4.79 Å². The maximum absolute atomic E-state index is 9.90. The van der Waals surface area contributed by atoms with Gasteiger partial charge in [-0.15, -0.1) is 4.99 Å². The van der Waals surface area contributed by atoms with Gasteiger partial charge in [-0.05, 0) is 12.1 Å². The first kappa shape index (κ1) is 7.98. The minimum Gasteiger partial charge on any atom is -0.421 e. The van der Waals surface area contributed by atoms with E-state index in [1.54, 1.807) is 18.2 Å². The predicted molar refractivity (Wildman–Crippen MR) is 46.8 cm³/mol. The van der Waals surface area contributed by atoms with E-state index in [9.17, 15) is 4.79 Å². The Morgan fingerprint density at radius 1 is 1.54 bits per heavy atom. The van der Waals surface area contributed by atoms with Crippen LogP contribution in [0.25, 0.3) is 11.1 Å². The van der Waals surface area contributed by atoms with Gasteiger partial charge >= 0.3 is 6.01 Å². The van der Waals surface area contributed by atoms with Crippen molar-refractivity contribution in [2.75, 3.05) is 0 Å². The molecule has 0 radical (unpaired) electrons. The molecule has 0 saturated carbocycles. The molecule has 1 aromatic heterocycles. The van der Waals surface area contributed by atoms with Crippen LogP contribution in [0, 0.1) is 0 Å². The van der Waals surface area contributed by atoms with Crippen molar-refractivity contribution in [2.24, 2.45) is 4.99 Å². The van der Waals surface area contributed by atoms with Crippen LogP contribution in [0.3, 0.4) is 0 Å². The number of aliphatic imine (C=N–C) groups is 1. The van der Waals surface area contributed by atoms with Gasteiger partial charge in [0.05, 0.1) is 0 Å². The lowest BCUT2D eigenvalue weighted by molar-refractivity contribution is 0.560. The molecule has 2 rings (SSSR count). The SMILES string of the molecule is O=C=Nc1nc2ccc(Cl)cc2o1. The molecule has 0 N–H and O–H groups in total. The van der Waals surface area contributed by atoms with Gasteiger partial charge in [0.1, 0.15) is 5.52 Å². The summed E-state index contributed by atoms with van der Waals surface area (Å²) in [6.07, 6.45) is 1.35. The van der Waals surface area contributed by atoms with E-state index < -0.39 is 0 Å². The van der Waals surface area contributed by atoms with E-state index in [0.29, 0.717) is 16.1 Å². The number of carbonyl (C=O) groups excluding carboxylic acids is 1. The lowest BCUT2D eigenvalue weighted by atomic mass is 10.3. The third-order valence-corrected chi connectivity index (χ3v) is 1.72. The summed E-state index contributed by atoms with van der Waals surface area (Å²) in [5, 5.41) is 0.547. The Morgan fingerprint density at radius 2 is 2.38 bits per heavy atom. The Labute approximate surface area is 77.9 Å². The molecule has 64 valence electrons. The zero-order valence-corrected chi connectivity index (χ0v) is 7.08. The van der Waals surface area contributed by atoms with Crippen molar-refractivity contribution in [1.82, 2.24) is 4.98 Å². The molecule has 0 bridgehead atoms. The second-order valence-electron chi connectivity index (χ2n) is 2.31. The average Bonchev–Trinajstić information content (AvgIpc) is 2.46. The number of oxazole rings is 1. The van der Waals surface area contributed by atoms with E-state index in [0.717, 1.165) is 0 Å². The van der Waals surface area contributed by atoms with Gasteiger partial charge in [-0.2, -0.15) is 4.98 Å². The molecule has 0 aliphatic rings. The van der Waals surface area contributed by atoms with Gasteiger partial charge in [0.15, 0.2) is 5.58 Å². The fourth-order valence-corrected chi connectivity index (χ4v) is 1.14. The van der Waals surface area contributed by atoms with Crippen molar-refractivity contribution in [3.05, 3.63) is 23.2 Å². The quantitative estimate of drug-likeness (QED) is 0.518. The lowest BCUT2D eigenvalue weighted by Crippen LogP contribution is -1.66. The highest BCUT2D eigenvalue weighted by atomic mass is 35.5. The van der Waals surface area contributed by atoms with E-state index in [1.807, 2.05) is 0 Å². The smallest absolute Gasteiger partial charge is 0.333 e. The molecule has 0 amide bonds. The van der Waals surface area contributed by atoms with Crippen molar-refractivity contribution in [1.29, 1.82) is 0 Å². The second-order valence-corrected chi connectivity index (χ2v) is 2.75. The Morgan fingerprint density at radius 3 is 3.15 bits per heavy atom. The molecule has 1 heterocycles. The van der Waals surface area contributed by atoms with Crippen molar-refractivity contribution in [3.63, 3.8) is 0 Å². The van der Waals surface area contributed by atoms with E-state index in [1.165, 1.54) is 6.08 Å². The number of hydrogen-bond acceptors (Lipinski definition) is 4. The van der Waals surface area contributed by atoms with Crippen LogP contribution in [0.1, 0.15) is 0 Å². The molecule has 0 atom stereocenters. The summed E-state index contributed by atoms with van der Waals surface area (Å²) in [4.78, 5) is 17.0. The number of isocyanates is 1. The predicted octanol–water partition coefficient (Wildman–Crippen LogP) is 2.45. The maximum atomic E-state index is 9.90. The number of fused-ring (bicyclic) bond motifs is 1. The minimum atomic E-state index is -0.00716. The number of benzene rings is 1. The molecule has 0 spiro atoms. The first-order valence-corrected chi connectivity index (χ1v) is 3.81. The third kappa shape index (κ3) is 1.45. The molecule has 5 heteroatoms. The van der Waals surface area contributed by atoms with Gasteiger partial charge < -0.3 is 4.42 Å². The summed E-state index contributed by atoms with van der Waals surface area (Å²) in [5.74, 6) is 0. The fourth-order valence-electron chi connectivity index (χ4n) is 0.973. The largest absolute Gasteiger partial charge is 0.421 e. The number of nitrogens with zero attached hydrogens (tertiary/aromatic N) is 2. The number of rotatable bonds is 1. The molecule has 4 nitrogen and oxygen atoms in total. The van der Waals surface area contributed by atoms with Crippen molar-refractivity contribution >= 4 is 34.8 Å². The zero-order valence-electron chi connectivity index (χ0n) is 6.32. The monoisotopic (exact) mass is 194 g/mol. The van der Waals surface area contributed by atoms with Gasteiger partial charge in [-0.3, -0.25) is 0 Å². The molecule has 2 aromatic rings. The maximum Gasteiger partial charge on any atom is 0.333 e. The standard InChI is InChI=1S/C8H3ClN2O2/c9-5-1-2-6-7(3-5)13-8(11-6)10-4-12/h1-3H. The van der Waals surface area contributed by atoms with E-state index in [2.05, 4.69) is 9.98 Å². The van der Waals surface area contributed by atoms with E-state index in [4.69, 9.17) is 16.0 Å². The van der Waals surface area contributed by atoms with Crippen molar-refractivity contribution in [3.8, 4) is 0 Å².